The maximum absolute atomic E-state index is 6.15. The van der Waals surface area contributed by atoms with Gasteiger partial charge in [-0.1, -0.05) is 64.9 Å². The second-order valence-corrected chi connectivity index (χ2v) is 8.78. The molecule has 0 saturated carbocycles. The highest BCUT2D eigenvalue weighted by molar-refractivity contribution is 8.01. The standard InChI is InChI=1S/C18H13Cl2N5S2/c19-11-8-14-15(9-12(11)20)23-16(26-18-25-24-17(21)27-18)13(22-14)7-6-10-4-2-1-3-5-10/h1-5,8-9H,6-7H2,(H2,21,24). The monoisotopic (exact) mass is 433 g/mol. The molecule has 0 aliphatic heterocycles. The van der Waals surface area contributed by atoms with Gasteiger partial charge in [0.1, 0.15) is 5.03 Å². The van der Waals surface area contributed by atoms with Gasteiger partial charge in [0.15, 0.2) is 4.34 Å². The van der Waals surface area contributed by atoms with E-state index in [0.29, 0.717) is 26.2 Å². The van der Waals surface area contributed by atoms with Crippen molar-refractivity contribution >= 4 is 62.5 Å². The van der Waals surface area contributed by atoms with E-state index in [4.69, 9.17) is 38.9 Å². The molecule has 136 valence electrons. The number of benzene rings is 2. The maximum Gasteiger partial charge on any atom is 0.203 e. The van der Waals surface area contributed by atoms with Crippen molar-refractivity contribution in [2.24, 2.45) is 0 Å². The first-order valence-corrected chi connectivity index (χ1v) is 10.4. The van der Waals surface area contributed by atoms with E-state index in [1.165, 1.54) is 28.7 Å². The van der Waals surface area contributed by atoms with Crippen LogP contribution in [0.3, 0.4) is 0 Å². The number of nitrogens with two attached hydrogens (primary N) is 1. The third kappa shape index (κ3) is 4.32. The van der Waals surface area contributed by atoms with Crippen LogP contribution in [0.4, 0.5) is 5.13 Å². The molecule has 0 fully saturated rings. The Balaban J connectivity index is 1.72. The fourth-order valence-electron chi connectivity index (χ4n) is 2.57. The van der Waals surface area contributed by atoms with Crippen LogP contribution in [0.1, 0.15) is 11.3 Å². The molecule has 2 aromatic heterocycles. The summed E-state index contributed by atoms with van der Waals surface area (Å²) in [6.07, 6.45) is 1.60. The predicted octanol–water partition coefficient (Wildman–Crippen LogP) is 5.31. The van der Waals surface area contributed by atoms with E-state index < -0.39 is 0 Å². The van der Waals surface area contributed by atoms with Crippen LogP contribution < -0.4 is 5.73 Å². The van der Waals surface area contributed by atoms with Gasteiger partial charge >= 0.3 is 0 Å². The Morgan fingerprint density at radius 3 is 2.30 bits per heavy atom. The third-order valence-electron chi connectivity index (χ3n) is 3.84. The number of aromatic nitrogens is 4. The van der Waals surface area contributed by atoms with Gasteiger partial charge in [0.2, 0.25) is 5.13 Å². The topological polar surface area (TPSA) is 77.6 Å². The van der Waals surface area contributed by atoms with E-state index >= 15 is 0 Å². The maximum atomic E-state index is 6.15. The summed E-state index contributed by atoms with van der Waals surface area (Å²) < 4.78 is 0.724. The number of rotatable bonds is 5. The van der Waals surface area contributed by atoms with Crippen molar-refractivity contribution in [3.63, 3.8) is 0 Å². The summed E-state index contributed by atoms with van der Waals surface area (Å²) >= 11 is 15.0. The predicted molar refractivity (Wildman–Crippen MR) is 112 cm³/mol. The Kier molecular flexibility index (Phi) is 5.45. The average molecular weight is 434 g/mol. The van der Waals surface area contributed by atoms with E-state index in [1.54, 1.807) is 12.1 Å². The van der Waals surface area contributed by atoms with E-state index in [-0.39, 0.29) is 0 Å². The first-order valence-electron chi connectivity index (χ1n) is 8.05. The second-order valence-electron chi connectivity index (χ2n) is 5.72. The molecule has 2 aromatic carbocycles. The molecule has 0 aliphatic carbocycles. The minimum Gasteiger partial charge on any atom is -0.374 e. The quantitative estimate of drug-likeness (QED) is 0.459. The Morgan fingerprint density at radius 1 is 0.926 bits per heavy atom. The molecule has 2 N–H and O–H groups in total. The Hall–Kier alpha value is -1.93. The van der Waals surface area contributed by atoms with Crippen LogP contribution >= 0.6 is 46.3 Å². The first-order chi connectivity index (χ1) is 13.1. The molecule has 27 heavy (non-hydrogen) atoms. The summed E-state index contributed by atoms with van der Waals surface area (Å²) in [6, 6.07) is 13.7. The number of fused-ring (bicyclic) bond motifs is 1. The van der Waals surface area contributed by atoms with Crippen LogP contribution in [-0.2, 0) is 12.8 Å². The van der Waals surface area contributed by atoms with Gasteiger partial charge in [0, 0.05) is 0 Å². The molecule has 0 unspecified atom stereocenters. The number of nitrogen functional groups attached to an aromatic ring is 1. The number of halogens is 2. The van der Waals surface area contributed by atoms with Gasteiger partial charge in [-0.2, -0.15) is 0 Å². The second kappa shape index (κ2) is 7.98. The highest BCUT2D eigenvalue weighted by Crippen LogP contribution is 2.34. The highest BCUT2D eigenvalue weighted by Gasteiger charge is 2.15. The highest BCUT2D eigenvalue weighted by atomic mass is 35.5. The summed E-state index contributed by atoms with van der Waals surface area (Å²) in [5.41, 5.74) is 9.22. The van der Waals surface area contributed by atoms with Crippen LogP contribution in [0.2, 0.25) is 10.0 Å². The van der Waals surface area contributed by atoms with E-state index in [9.17, 15) is 0 Å². The smallest absolute Gasteiger partial charge is 0.203 e. The van der Waals surface area contributed by atoms with Crippen LogP contribution in [0.15, 0.2) is 51.8 Å². The van der Waals surface area contributed by atoms with Gasteiger partial charge in [-0.05, 0) is 42.3 Å². The molecule has 4 rings (SSSR count). The van der Waals surface area contributed by atoms with Crippen LogP contribution in [0.25, 0.3) is 11.0 Å². The number of anilines is 1. The van der Waals surface area contributed by atoms with Crippen molar-refractivity contribution in [1.82, 2.24) is 20.2 Å². The van der Waals surface area contributed by atoms with Crippen LogP contribution in [-0.4, -0.2) is 20.2 Å². The molecule has 0 amide bonds. The number of nitrogens with zero attached hydrogens (tertiary/aromatic N) is 4. The molecule has 0 atom stereocenters. The molecule has 0 spiro atoms. The van der Waals surface area contributed by atoms with Gasteiger partial charge in [0.25, 0.3) is 0 Å². The summed E-state index contributed by atoms with van der Waals surface area (Å²) in [4.78, 5) is 9.54. The van der Waals surface area contributed by atoms with Gasteiger partial charge in [-0.3, -0.25) is 0 Å². The first kappa shape index (κ1) is 18.4. The zero-order chi connectivity index (χ0) is 18.8. The Morgan fingerprint density at radius 2 is 1.63 bits per heavy atom. The fourth-order valence-corrected chi connectivity index (χ4v) is 4.54. The summed E-state index contributed by atoms with van der Waals surface area (Å²) in [6.45, 7) is 0. The molecule has 2 heterocycles. The SMILES string of the molecule is Nc1nnc(Sc2nc3cc(Cl)c(Cl)cc3nc2CCc2ccccc2)s1. The molecule has 0 aliphatic rings. The van der Waals surface area contributed by atoms with Crippen molar-refractivity contribution in [2.75, 3.05) is 5.73 Å². The summed E-state index contributed by atoms with van der Waals surface area (Å²) in [5.74, 6) is 0. The normalized spacial score (nSPS) is 11.2. The summed E-state index contributed by atoms with van der Waals surface area (Å²) in [5, 5.41) is 10.0. The lowest BCUT2D eigenvalue weighted by Gasteiger charge is -2.09. The minimum absolute atomic E-state index is 0.423. The molecule has 0 radical (unpaired) electrons. The zero-order valence-corrected chi connectivity index (χ0v) is 17.0. The molecule has 0 saturated heterocycles. The average Bonchev–Trinajstić information content (AvgIpc) is 3.07. The number of aryl methyl sites for hydroxylation is 2. The molecule has 0 bridgehead atoms. The lowest BCUT2D eigenvalue weighted by atomic mass is 10.1. The van der Waals surface area contributed by atoms with Crippen LogP contribution in [0.5, 0.6) is 0 Å². The van der Waals surface area contributed by atoms with E-state index in [1.807, 2.05) is 18.2 Å². The molecular formula is C18H13Cl2N5S2. The lowest BCUT2D eigenvalue weighted by Crippen LogP contribution is -2.01. The van der Waals surface area contributed by atoms with Crippen molar-refractivity contribution < 1.29 is 0 Å². The van der Waals surface area contributed by atoms with E-state index in [2.05, 4.69) is 22.3 Å². The van der Waals surface area contributed by atoms with Crippen molar-refractivity contribution in [3.05, 3.63) is 63.8 Å². The van der Waals surface area contributed by atoms with Crippen molar-refractivity contribution in [1.29, 1.82) is 0 Å². The minimum atomic E-state index is 0.423. The molecule has 9 heteroatoms. The lowest BCUT2D eigenvalue weighted by molar-refractivity contribution is 0.864. The molecular weight excluding hydrogens is 421 g/mol. The van der Waals surface area contributed by atoms with Crippen LogP contribution in [0, 0.1) is 0 Å². The van der Waals surface area contributed by atoms with E-state index in [0.717, 1.165) is 27.9 Å². The van der Waals surface area contributed by atoms with Crippen molar-refractivity contribution in [2.45, 2.75) is 22.2 Å². The molecule has 4 aromatic rings. The largest absolute Gasteiger partial charge is 0.374 e. The Bertz CT molecular complexity index is 1100. The van der Waals surface area contributed by atoms with Gasteiger partial charge in [-0.15, -0.1) is 10.2 Å². The van der Waals surface area contributed by atoms with Gasteiger partial charge < -0.3 is 5.73 Å². The van der Waals surface area contributed by atoms with Gasteiger partial charge in [0.05, 0.1) is 26.8 Å². The zero-order valence-electron chi connectivity index (χ0n) is 13.9. The summed E-state index contributed by atoms with van der Waals surface area (Å²) in [7, 11) is 0. The number of hydrogen-bond donors (Lipinski definition) is 1. The number of hydrogen-bond acceptors (Lipinski definition) is 7. The Labute approximate surface area is 174 Å². The molecule has 5 nitrogen and oxygen atoms in total. The fraction of sp³-hybridized carbons (Fsp3) is 0.111. The van der Waals surface area contributed by atoms with Crippen molar-refractivity contribution in [3.8, 4) is 0 Å². The van der Waals surface area contributed by atoms with Gasteiger partial charge in [-0.25, -0.2) is 9.97 Å². The third-order valence-corrected chi connectivity index (χ3v) is 6.39.